The second kappa shape index (κ2) is 10.4. The highest BCUT2D eigenvalue weighted by Gasteiger charge is 2.43. The van der Waals surface area contributed by atoms with Crippen molar-refractivity contribution in [3.63, 3.8) is 0 Å². The Labute approximate surface area is 230 Å². The number of fused-ring (bicyclic) bond motifs is 1. The first-order chi connectivity index (χ1) is 19.3. The lowest BCUT2D eigenvalue weighted by Gasteiger charge is -2.36. The largest absolute Gasteiger partial charge is 0.466 e. The minimum Gasteiger partial charge on any atom is -0.466 e. The summed E-state index contributed by atoms with van der Waals surface area (Å²) in [5.74, 6) is -2.21. The van der Waals surface area contributed by atoms with Gasteiger partial charge in [0.2, 0.25) is 5.89 Å². The molecule has 9 heteroatoms. The van der Waals surface area contributed by atoms with Gasteiger partial charge < -0.3 is 19.6 Å². The van der Waals surface area contributed by atoms with E-state index in [4.69, 9.17) is 19.6 Å². The number of hydrogen-bond acceptors (Lipinski definition) is 9. The average molecular weight is 535 g/mol. The molecule has 9 nitrogen and oxygen atoms in total. The van der Waals surface area contributed by atoms with Gasteiger partial charge in [0.05, 0.1) is 43.0 Å². The lowest BCUT2D eigenvalue weighted by atomic mass is 9.80. The molecule has 3 aromatic carbocycles. The maximum Gasteiger partial charge on any atom is 0.355 e. The molecular weight excluding hydrogens is 508 g/mol. The molecule has 1 unspecified atom stereocenters. The van der Waals surface area contributed by atoms with E-state index in [1.54, 1.807) is 30.3 Å². The first kappa shape index (κ1) is 26.3. The molecule has 0 amide bonds. The van der Waals surface area contributed by atoms with Crippen LogP contribution in [0.4, 0.5) is 5.69 Å². The summed E-state index contributed by atoms with van der Waals surface area (Å²) in [5, 5.41) is 10.3. The van der Waals surface area contributed by atoms with Crippen molar-refractivity contribution >= 4 is 28.7 Å². The second-order valence-corrected chi connectivity index (χ2v) is 9.33. The summed E-state index contributed by atoms with van der Waals surface area (Å²) in [5.41, 5.74) is 11.3. The third-order valence-corrected chi connectivity index (χ3v) is 6.85. The molecule has 5 rings (SSSR count). The summed E-state index contributed by atoms with van der Waals surface area (Å²) in [4.78, 5) is 32.7. The minimum absolute atomic E-state index is 0.0159. The summed E-state index contributed by atoms with van der Waals surface area (Å²) in [6, 6.07) is 22.1. The van der Waals surface area contributed by atoms with Crippen molar-refractivity contribution in [1.82, 2.24) is 4.98 Å². The van der Waals surface area contributed by atoms with Crippen molar-refractivity contribution in [3.8, 4) is 17.5 Å². The van der Waals surface area contributed by atoms with Crippen LogP contribution in [-0.2, 0) is 19.1 Å². The Morgan fingerprint density at radius 3 is 2.40 bits per heavy atom. The van der Waals surface area contributed by atoms with Crippen molar-refractivity contribution in [2.24, 2.45) is 5.73 Å². The molecule has 0 saturated carbocycles. The van der Waals surface area contributed by atoms with E-state index in [2.05, 4.69) is 11.1 Å². The molecule has 1 aliphatic rings. The van der Waals surface area contributed by atoms with E-state index in [0.717, 1.165) is 5.56 Å². The fourth-order valence-corrected chi connectivity index (χ4v) is 4.90. The highest BCUT2D eigenvalue weighted by molar-refractivity contribution is 6.06. The molecule has 0 radical (unpaired) electrons. The van der Waals surface area contributed by atoms with Gasteiger partial charge in [-0.15, -0.1) is 0 Å². The van der Waals surface area contributed by atoms with Crippen LogP contribution >= 0.6 is 0 Å². The van der Waals surface area contributed by atoms with Crippen LogP contribution in [0.1, 0.15) is 22.6 Å². The summed E-state index contributed by atoms with van der Waals surface area (Å²) in [6.07, 6.45) is 0. The van der Waals surface area contributed by atoms with E-state index in [9.17, 15) is 14.9 Å². The fraction of sp³-hybridized carbons (Fsp3) is 0.161. The summed E-state index contributed by atoms with van der Waals surface area (Å²) < 4.78 is 16.3. The molecule has 40 heavy (non-hydrogen) atoms. The zero-order chi connectivity index (χ0) is 28.6. The number of anilines is 1. The molecule has 0 saturated heterocycles. The van der Waals surface area contributed by atoms with Gasteiger partial charge in [-0.1, -0.05) is 42.5 Å². The molecule has 4 aromatic rings. The molecule has 1 aromatic heterocycles. The summed E-state index contributed by atoms with van der Waals surface area (Å²) in [6.45, 7) is 3.79. The molecule has 2 N–H and O–H groups in total. The molecule has 0 fully saturated rings. The van der Waals surface area contributed by atoms with Crippen LogP contribution in [0.5, 0.6) is 0 Å². The van der Waals surface area contributed by atoms with Gasteiger partial charge in [-0.05, 0) is 54.8 Å². The van der Waals surface area contributed by atoms with Crippen molar-refractivity contribution in [2.75, 3.05) is 19.1 Å². The number of oxazole rings is 1. The minimum atomic E-state index is -0.951. The van der Waals surface area contributed by atoms with Crippen LogP contribution in [0.3, 0.4) is 0 Å². The molecule has 1 aliphatic heterocycles. The Balaban J connectivity index is 1.78. The number of aryl methyl sites for hydroxylation is 2. The van der Waals surface area contributed by atoms with Gasteiger partial charge in [-0.3, -0.25) is 4.90 Å². The Hall–Kier alpha value is -5.36. The van der Waals surface area contributed by atoms with E-state index in [-0.39, 0.29) is 22.7 Å². The van der Waals surface area contributed by atoms with Crippen LogP contribution in [0.25, 0.3) is 22.6 Å². The number of rotatable bonds is 5. The van der Waals surface area contributed by atoms with Crippen LogP contribution in [0, 0.1) is 25.2 Å². The Bertz CT molecular complexity index is 1760. The number of esters is 2. The van der Waals surface area contributed by atoms with Gasteiger partial charge in [0.25, 0.3) is 0 Å². The molecular formula is C31H26N4O5. The predicted octanol–water partition coefficient (Wildman–Crippen LogP) is 5.01. The van der Waals surface area contributed by atoms with E-state index in [0.29, 0.717) is 39.4 Å². The van der Waals surface area contributed by atoms with Crippen molar-refractivity contribution in [2.45, 2.75) is 19.8 Å². The fourth-order valence-electron chi connectivity index (χ4n) is 4.90. The quantitative estimate of drug-likeness (QED) is 0.351. The van der Waals surface area contributed by atoms with Crippen LogP contribution in [0.2, 0.25) is 0 Å². The van der Waals surface area contributed by atoms with E-state index in [1.807, 2.05) is 50.2 Å². The number of nitrogens with two attached hydrogens (primary N) is 1. The van der Waals surface area contributed by atoms with Crippen molar-refractivity contribution in [3.05, 3.63) is 106 Å². The number of hydrogen-bond donors (Lipinski definition) is 1. The summed E-state index contributed by atoms with van der Waals surface area (Å²) >= 11 is 0. The number of benzene rings is 3. The average Bonchev–Trinajstić information content (AvgIpc) is 3.39. The SMILES string of the molecule is COC(=O)C1=C(C(=O)OC)N(c2cc(-c3nc4ccc(C)cc4o3)ccc2C)C(N)=C(C#N)C1c1ccccc1. The van der Waals surface area contributed by atoms with Gasteiger partial charge in [0.15, 0.2) is 5.58 Å². The van der Waals surface area contributed by atoms with Gasteiger partial charge in [-0.25, -0.2) is 14.6 Å². The Kier molecular flexibility index (Phi) is 6.84. The maximum atomic E-state index is 13.4. The van der Waals surface area contributed by atoms with Gasteiger partial charge >= 0.3 is 11.9 Å². The normalized spacial score (nSPS) is 15.3. The molecule has 0 bridgehead atoms. The first-order valence-corrected chi connectivity index (χ1v) is 12.4. The lowest BCUT2D eigenvalue weighted by molar-refractivity contribution is -0.139. The van der Waals surface area contributed by atoms with E-state index in [1.165, 1.54) is 19.1 Å². The number of aromatic nitrogens is 1. The molecule has 2 heterocycles. The van der Waals surface area contributed by atoms with Crippen molar-refractivity contribution in [1.29, 1.82) is 5.26 Å². The van der Waals surface area contributed by atoms with Crippen molar-refractivity contribution < 1.29 is 23.5 Å². The molecule has 1 atom stereocenters. The Morgan fingerprint density at radius 2 is 1.73 bits per heavy atom. The number of methoxy groups -OCH3 is 2. The second-order valence-electron chi connectivity index (χ2n) is 9.33. The highest BCUT2D eigenvalue weighted by Crippen LogP contribution is 2.44. The molecule has 0 aliphatic carbocycles. The van der Waals surface area contributed by atoms with Gasteiger partial charge in [0.1, 0.15) is 17.0 Å². The maximum absolute atomic E-state index is 13.4. The standard InChI is InChI=1S/C31H26N4O5/c1-17-10-13-22-24(14-17)40-29(34-22)20-12-11-18(2)23(15-20)35-27(31(37)39-4)26(30(36)38-3)25(21(16-32)28(35)33)19-8-6-5-7-9-19/h5-15,25H,33H2,1-4H3. The zero-order valence-electron chi connectivity index (χ0n) is 22.4. The van der Waals surface area contributed by atoms with Crippen LogP contribution in [-0.4, -0.2) is 31.1 Å². The summed E-state index contributed by atoms with van der Waals surface area (Å²) in [7, 11) is 2.43. The number of carbonyl (C=O) groups excluding carboxylic acids is 2. The zero-order valence-corrected chi connectivity index (χ0v) is 22.4. The molecule has 200 valence electrons. The monoisotopic (exact) mass is 534 g/mol. The number of nitriles is 1. The van der Waals surface area contributed by atoms with E-state index >= 15 is 0 Å². The van der Waals surface area contributed by atoms with Crippen LogP contribution < -0.4 is 10.6 Å². The topological polar surface area (TPSA) is 132 Å². The van der Waals surface area contributed by atoms with Gasteiger partial charge in [-0.2, -0.15) is 5.26 Å². The third kappa shape index (κ3) is 4.35. The number of allylic oxidation sites excluding steroid dienone is 1. The lowest BCUT2D eigenvalue weighted by Crippen LogP contribution is -2.41. The predicted molar refractivity (Wildman–Crippen MR) is 148 cm³/mol. The van der Waals surface area contributed by atoms with E-state index < -0.39 is 17.9 Å². The number of carbonyl (C=O) groups is 2. The van der Waals surface area contributed by atoms with Crippen LogP contribution in [0.15, 0.2) is 93.8 Å². The Morgan fingerprint density at radius 1 is 1.00 bits per heavy atom. The smallest absolute Gasteiger partial charge is 0.355 e. The third-order valence-electron chi connectivity index (χ3n) is 6.85. The molecule has 0 spiro atoms. The number of nitrogens with zero attached hydrogens (tertiary/aromatic N) is 3. The first-order valence-electron chi connectivity index (χ1n) is 12.4. The highest BCUT2D eigenvalue weighted by atomic mass is 16.5. The van der Waals surface area contributed by atoms with Gasteiger partial charge in [0, 0.05) is 5.56 Å². The number of ether oxygens (including phenoxy) is 2.